The molecule has 0 bridgehead atoms. The standard InChI is InChI=1S/C15H20N2O4S/c1-3-11(18)16-14-12(13(19)17-15(20)21-4-2)9-7-5-6-8-10(9)22-14/h3-8H2,1-2H3,(H,16,18)(H,17,19,20). The summed E-state index contributed by atoms with van der Waals surface area (Å²) in [5.41, 5.74) is 1.36. The Balaban J connectivity index is 2.30. The Kier molecular flexibility index (Phi) is 5.54. The molecule has 0 spiro atoms. The molecule has 3 amide bonds. The van der Waals surface area contributed by atoms with Crippen molar-refractivity contribution in [1.29, 1.82) is 0 Å². The van der Waals surface area contributed by atoms with Gasteiger partial charge in [0, 0.05) is 11.3 Å². The zero-order valence-electron chi connectivity index (χ0n) is 12.8. The van der Waals surface area contributed by atoms with Gasteiger partial charge in [0.05, 0.1) is 12.2 Å². The van der Waals surface area contributed by atoms with E-state index in [1.165, 1.54) is 11.3 Å². The molecule has 2 rings (SSSR count). The van der Waals surface area contributed by atoms with Crippen molar-refractivity contribution in [2.45, 2.75) is 46.0 Å². The Labute approximate surface area is 133 Å². The van der Waals surface area contributed by atoms with E-state index >= 15 is 0 Å². The predicted octanol–water partition coefficient (Wildman–Crippen LogP) is 2.86. The van der Waals surface area contributed by atoms with Crippen LogP contribution < -0.4 is 10.6 Å². The third kappa shape index (κ3) is 3.65. The number of thiophene rings is 1. The van der Waals surface area contributed by atoms with Gasteiger partial charge in [-0.05, 0) is 38.2 Å². The van der Waals surface area contributed by atoms with Gasteiger partial charge < -0.3 is 10.1 Å². The summed E-state index contributed by atoms with van der Waals surface area (Å²) < 4.78 is 4.74. The number of imide groups is 1. The fourth-order valence-corrected chi connectivity index (χ4v) is 3.73. The first-order chi connectivity index (χ1) is 10.6. The van der Waals surface area contributed by atoms with Crippen LogP contribution in [0, 0.1) is 0 Å². The summed E-state index contributed by atoms with van der Waals surface area (Å²) in [4.78, 5) is 36.6. The van der Waals surface area contributed by atoms with Crippen LogP contribution in [0.3, 0.4) is 0 Å². The number of nitrogens with one attached hydrogen (secondary N) is 2. The molecule has 1 aromatic heterocycles. The largest absolute Gasteiger partial charge is 0.450 e. The lowest BCUT2D eigenvalue weighted by Gasteiger charge is -2.12. The second-order valence-corrected chi connectivity index (χ2v) is 6.10. The van der Waals surface area contributed by atoms with Gasteiger partial charge in [0.15, 0.2) is 0 Å². The van der Waals surface area contributed by atoms with Crippen LogP contribution in [0.5, 0.6) is 0 Å². The van der Waals surface area contributed by atoms with Crippen molar-refractivity contribution in [3.05, 3.63) is 16.0 Å². The Morgan fingerprint density at radius 1 is 1.18 bits per heavy atom. The first-order valence-electron chi connectivity index (χ1n) is 7.49. The van der Waals surface area contributed by atoms with Gasteiger partial charge in [-0.2, -0.15) is 0 Å². The lowest BCUT2D eigenvalue weighted by molar-refractivity contribution is -0.115. The molecule has 1 heterocycles. The van der Waals surface area contributed by atoms with E-state index in [0.29, 0.717) is 17.0 Å². The normalized spacial score (nSPS) is 13.2. The second kappa shape index (κ2) is 7.40. The minimum Gasteiger partial charge on any atom is -0.450 e. The lowest BCUT2D eigenvalue weighted by atomic mass is 9.95. The number of anilines is 1. The second-order valence-electron chi connectivity index (χ2n) is 4.99. The van der Waals surface area contributed by atoms with Gasteiger partial charge in [-0.15, -0.1) is 11.3 Å². The number of hydrogen-bond acceptors (Lipinski definition) is 5. The van der Waals surface area contributed by atoms with E-state index in [1.807, 2.05) is 0 Å². The molecule has 0 fully saturated rings. The molecule has 0 saturated carbocycles. The van der Waals surface area contributed by atoms with E-state index < -0.39 is 12.0 Å². The average molecular weight is 324 g/mol. The number of hydrogen-bond donors (Lipinski definition) is 2. The highest BCUT2D eigenvalue weighted by atomic mass is 32.1. The van der Waals surface area contributed by atoms with Gasteiger partial charge in [-0.1, -0.05) is 6.92 Å². The average Bonchev–Trinajstić information content (AvgIpc) is 2.84. The van der Waals surface area contributed by atoms with Crippen molar-refractivity contribution in [3.63, 3.8) is 0 Å². The van der Waals surface area contributed by atoms with Gasteiger partial charge in [0.2, 0.25) is 5.91 Å². The highest BCUT2D eigenvalue weighted by molar-refractivity contribution is 7.17. The van der Waals surface area contributed by atoms with Crippen molar-refractivity contribution in [3.8, 4) is 0 Å². The molecule has 0 unspecified atom stereocenters. The van der Waals surface area contributed by atoms with Gasteiger partial charge in [-0.25, -0.2) is 4.79 Å². The fourth-order valence-electron chi connectivity index (χ4n) is 2.43. The zero-order valence-corrected chi connectivity index (χ0v) is 13.6. The van der Waals surface area contributed by atoms with Crippen LogP contribution in [-0.4, -0.2) is 24.5 Å². The van der Waals surface area contributed by atoms with Crippen molar-refractivity contribution >= 4 is 34.2 Å². The maximum atomic E-state index is 12.4. The van der Waals surface area contributed by atoms with Gasteiger partial charge >= 0.3 is 6.09 Å². The molecule has 120 valence electrons. The molecular weight excluding hydrogens is 304 g/mol. The van der Waals surface area contributed by atoms with Gasteiger partial charge in [0.1, 0.15) is 5.00 Å². The van der Waals surface area contributed by atoms with Crippen molar-refractivity contribution in [1.82, 2.24) is 5.32 Å². The SMILES string of the molecule is CCOC(=O)NC(=O)c1c(NC(=O)CC)sc2c1CCCC2. The molecule has 1 aliphatic rings. The Hall–Kier alpha value is -1.89. The van der Waals surface area contributed by atoms with Crippen molar-refractivity contribution in [2.24, 2.45) is 0 Å². The number of amides is 3. The summed E-state index contributed by atoms with van der Waals surface area (Å²) in [5.74, 6) is -0.659. The van der Waals surface area contributed by atoms with E-state index in [9.17, 15) is 14.4 Å². The van der Waals surface area contributed by atoms with E-state index in [4.69, 9.17) is 4.74 Å². The van der Waals surface area contributed by atoms with E-state index in [-0.39, 0.29) is 12.5 Å². The van der Waals surface area contributed by atoms with Crippen LogP contribution in [0.15, 0.2) is 0 Å². The van der Waals surface area contributed by atoms with Crippen LogP contribution in [0.25, 0.3) is 0 Å². The molecule has 1 aromatic rings. The number of ether oxygens (including phenoxy) is 1. The number of fused-ring (bicyclic) bond motifs is 1. The summed E-state index contributed by atoms with van der Waals surface area (Å²) in [6.45, 7) is 3.62. The zero-order chi connectivity index (χ0) is 16.1. The molecule has 0 saturated heterocycles. The third-order valence-electron chi connectivity index (χ3n) is 3.46. The highest BCUT2D eigenvalue weighted by Gasteiger charge is 2.27. The quantitative estimate of drug-likeness (QED) is 0.892. The summed E-state index contributed by atoms with van der Waals surface area (Å²) in [7, 11) is 0. The highest BCUT2D eigenvalue weighted by Crippen LogP contribution is 2.38. The molecule has 0 aliphatic heterocycles. The summed E-state index contributed by atoms with van der Waals surface area (Å²) in [5, 5.41) is 5.52. The maximum Gasteiger partial charge on any atom is 0.414 e. The topological polar surface area (TPSA) is 84.5 Å². The Morgan fingerprint density at radius 3 is 2.59 bits per heavy atom. The number of carbonyl (C=O) groups excluding carboxylic acids is 3. The fraction of sp³-hybridized carbons (Fsp3) is 0.533. The van der Waals surface area contributed by atoms with Crippen LogP contribution in [0.2, 0.25) is 0 Å². The predicted molar refractivity (Wildman–Crippen MR) is 84.4 cm³/mol. The van der Waals surface area contributed by atoms with Crippen LogP contribution in [0.1, 0.15) is 53.9 Å². The minimum absolute atomic E-state index is 0.149. The molecule has 0 atom stereocenters. The van der Waals surface area contributed by atoms with Crippen LogP contribution in [-0.2, 0) is 22.4 Å². The minimum atomic E-state index is -0.768. The smallest absolute Gasteiger partial charge is 0.414 e. The summed E-state index contributed by atoms with van der Waals surface area (Å²) >= 11 is 1.43. The number of alkyl carbamates (subject to hydrolysis) is 1. The lowest BCUT2D eigenvalue weighted by Crippen LogP contribution is -2.32. The monoisotopic (exact) mass is 324 g/mol. The molecule has 2 N–H and O–H groups in total. The van der Waals surface area contributed by atoms with E-state index in [2.05, 4.69) is 10.6 Å². The first kappa shape index (κ1) is 16.5. The molecule has 22 heavy (non-hydrogen) atoms. The van der Waals surface area contributed by atoms with Crippen LogP contribution >= 0.6 is 11.3 Å². The van der Waals surface area contributed by atoms with Crippen molar-refractivity contribution in [2.75, 3.05) is 11.9 Å². The molecule has 1 aliphatic carbocycles. The number of carbonyl (C=O) groups is 3. The van der Waals surface area contributed by atoms with Crippen molar-refractivity contribution < 1.29 is 19.1 Å². The van der Waals surface area contributed by atoms with E-state index in [0.717, 1.165) is 36.1 Å². The maximum absolute atomic E-state index is 12.4. The summed E-state index contributed by atoms with van der Waals surface area (Å²) in [6.07, 6.45) is 3.34. The van der Waals surface area contributed by atoms with Crippen LogP contribution in [0.4, 0.5) is 9.80 Å². The first-order valence-corrected chi connectivity index (χ1v) is 8.30. The van der Waals surface area contributed by atoms with Gasteiger partial charge in [0.25, 0.3) is 5.91 Å². The van der Waals surface area contributed by atoms with Gasteiger partial charge in [-0.3, -0.25) is 14.9 Å². The number of aryl methyl sites for hydroxylation is 1. The molecule has 0 aromatic carbocycles. The molecular formula is C15H20N2O4S. The Bertz CT molecular complexity index is 595. The molecule has 6 nitrogen and oxygen atoms in total. The molecule has 7 heteroatoms. The van der Waals surface area contributed by atoms with E-state index in [1.54, 1.807) is 13.8 Å². The third-order valence-corrected chi connectivity index (χ3v) is 4.67. The molecule has 0 radical (unpaired) electrons. The summed E-state index contributed by atoms with van der Waals surface area (Å²) in [6, 6.07) is 0. The number of rotatable bonds is 4. The Morgan fingerprint density at radius 2 is 1.91 bits per heavy atom.